The van der Waals surface area contributed by atoms with Gasteiger partial charge in [-0.25, -0.2) is 13.8 Å². The molecule has 0 fully saturated rings. The van der Waals surface area contributed by atoms with E-state index in [9.17, 15) is 13.9 Å². The Labute approximate surface area is 101 Å². The van der Waals surface area contributed by atoms with E-state index in [-0.39, 0.29) is 16.8 Å². The van der Waals surface area contributed by atoms with Crippen LogP contribution in [0.1, 0.15) is 0 Å². The molecule has 3 rings (SSSR count). The number of imidazole rings is 1. The quantitative estimate of drug-likeness (QED) is 0.692. The van der Waals surface area contributed by atoms with Crippen molar-refractivity contribution in [2.75, 3.05) is 0 Å². The molecule has 0 unspecified atom stereocenters. The Balaban J connectivity index is 2.22. The van der Waals surface area contributed by atoms with Gasteiger partial charge in [-0.05, 0) is 18.2 Å². The number of H-pyrrole nitrogens is 1. The number of fused-ring (bicyclic) bond motifs is 1. The van der Waals surface area contributed by atoms with Gasteiger partial charge in [0.15, 0.2) is 5.82 Å². The number of hydrogen-bond acceptors (Lipinski definition) is 2. The molecule has 0 saturated carbocycles. The summed E-state index contributed by atoms with van der Waals surface area (Å²) in [5.74, 6) is -0.913. The van der Waals surface area contributed by atoms with E-state index in [1.54, 1.807) is 12.1 Å². The van der Waals surface area contributed by atoms with Gasteiger partial charge in [-0.1, -0.05) is 12.1 Å². The number of phenols is 1. The first-order chi connectivity index (χ1) is 8.63. The molecule has 0 amide bonds. The molecule has 0 spiro atoms. The van der Waals surface area contributed by atoms with Crippen LogP contribution in [0.4, 0.5) is 8.78 Å². The van der Waals surface area contributed by atoms with Gasteiger partial charge in [0.1, 0.15) is 22.9 Å². The smallest absolute Gasteiger partial charge is 0.153 e. The maximum Gasteiger partial charge on any atom is 0.153 e. The summed E-state index contributed by atoms with van der Waals surface area (Å²) in [4.78, 5) is 6.87. The number of aromatic amines is 1. The molecule has 0 radical (unpaired) electrons. The number of nitrogens with zero attached hydrogens (tertiary/aromatic N) is 1. The first-order valence-corrected chi connectivity index (χ1v) is 5.27. The molecule has 1 heterocycles. The van der Waals surface area contributed by atoms with Gasteiger partial charge in [-0.3, -0.25) is 0 Å². The van der Waals surface area contributed by atoms with E-state index in [1.807, 2.05) is 0 Å². The molecule has 2 aromatic carbocycles. The van der Waals surface area contributed by atoms with E-state index in [0.717, 1.165) is 6.07 Å². The number of hydrogen-bond donors (Lipinski definition) is 2. The topological polar surface area (TPSA) is 48.9 Å². The molecular weight excluding hydrogens is 238 g/mol. The van der Waals surface area contributed by atoms with Gasteiger partial charge in [0, 0.05) is 11.6 Å². The standard InChI is InChI=1S/C13H8F2N2O/c14-8-5-10(15)12-11(6-8)16-13(17-12)7-2-1-3-9(18)4-7/h1-6,18H,(H,16,17). The van der Waals surface area contributed by atoms with Crippen molar-refractivity contribution in [2.24, 2.45) is 0 Å². The molecule has 18 heavy (non-hydrogen) atoms. The predicted molar refractivity (Wildman–Crippen MR) is 63.1 cm³/mol. The average Bonchev–Trinajstić information content (AvgIpc) is 2.73. The minimum Gasteiger partial charge on any atom is -0.508 e. The lowest BCUT2D eigenvalue weighted by Gasteiger charge is -1.96. The van der Waals surface area contributed by atoms with Crippen LogP contribution >= 0.6 is 0 Å². The zero-order chi connectivity index (χ0) is 12.7. The second kappa shape index (κ2) is 3.80. The van der Waals surface area contributed by atoms with Crippen molar-refractivity contribution in [2.45, 2.75) is 0 Å². The monoisotopic (exact) mass is 246 g/mol. The molecule has 0 bridgehead atoms. The summed E-state index contributed by atoms with van der Waals surface area (Å²) in [6.07, 6.45) is 0. The second-order valence-corrected chi connectivity index (χ2v) is 3.92. The summed E-state index contributed by atoms with van der Waals surface area (Å²) in [5.41, 5.74) is 0.964. The van der Waals surface area contributed by atoms with Gasteiger partial charge in [0.05, 0.1) is 5.52 Å². The van der Waals surface area contributed by atoms with Crippen LogP contribution in [-0.2, 0) is 0 Å². The van der Waals surface area contributed by atoms with E-state index < -0.39 is 11.6 Å². The summed E-state index contributed by atoms with van der Waals surface area (Å²) >= 11 is 0. The van der Waals surface area contributed by atoms with Crippen molar-refractivity contribution in [3.8, 4) is 17.1 Å². The van der Waals surface area contributed by atoms with Crippen LogP contribution in [0.5, 0.6) is 5.75 Å². The summed E-state index contributed by atoms with van der Waals surface area (Å²) in [6, 6.07) is 8.34. The highest BCUT2D eigenvalue weighted by Gasteiger charge is 2.11. The number of rotatable bonds is 1. The Morgan fingerprint density at radius 3 is 2.72 bits per heavy atom. The molecule has 0 saturated heterocycles. The number of benzene rings is 2. The van der Waals surface area contributed by atoms with Gasteiger partial charge in [-0.15, -0.1) is 0 Å². The minimum atomic E-state index is -0.715. The van der Waals surface area contributed by atoms with Crippen LogP contribution < -0.4 is 0 Å². The summed E-state index contributed by atoms with van der Waals surface area (Å²) in [7, 11) is 0. The van der Waals surface area contributed by atoms with Crippen molar-refractivity contribution in [3.63, 3.8) is 0 Å². The van der Waals surface area contributed by atoms with Gasteiger partial charge in [0.2, 0.25) is 0 Å². The molecule has 3 aromatic rings. The third-order valence-electron chi connectivity index (χ3n) is 2.62. The Hall–Kier alpha value is -2.43. The van der Waals surface area contributed by atoms with Crippen LogP contribution in [0.2, 0.25) is 0 Å². The van der Waals surface area contributed by atoms with Gasteiger partial charge in [0.25, 0.3) is 0 Å². The molecule has 0 aliphatic carbocycles. The van der Waals surface area contributed by atoms with Gasteiger partial charge in [-0.2, -0.15) is 0 Å². The first-order valence-electron chi connectivity index (χ1n) is 5.27. The van der Waals surface area contributed by atoms with Gasteiger partial charge >= 0.3 is 0 Å². The second-order valence-electron chi connectivity index (χ2n) is 3.92. The fourth-order valence-electron chi connectivity index (χ4n) is 1.83. The maximum atomic E-state index is 13.5. The number of phenolic OH excluding ortho intramolecular Hbond substituents is 1. The zero-order valence-electron chi connectivity index (χ0n) is 9.11. The van der Waals surface area contributed by atoms with Crippen LogP contribution in [0.15, 0.2) is 36.4 Å². The third-order valence-corrected chi connectivity index (χ3v) is 2.62. The summed E-state index contributed by atoms with van der Waals surface area (Å²) in [5, 5.41) is 9.37. The number of nitrogens with one attached hydrogen (secondary N) is 1. The molecule has 3 nitrogen and oxygen atoms in total. The van der Waals surface area contributed by atoms with E-state index in [4.69, 9.17) is 0 Å². The van der Waals surface area contributed by atoms with Crippen molar-refractivity contribution in [1.82, 2.24) is 9.97 Å². The number of halogens is 2. The van der Waals surface area contributed by atoms with Crippen molar-refractivity contribution >= 4 is 11.0 Å². The lowest BCUT2D eigenvalue weighted by Crippen LogP contribution is -1.81. The molecule has 1 aromatic heterocycles. The largest absolute Gasteiger partial charge is 0.508 e. The number of aromatic nitrogens is 2. The highest BCUT2D eigenvalue weighted by molar-refractivity contribution is 5.80. The lowest BCUT2D eigenvalue weighted by atomic mass is 10.2. The molecule has 2 N–H and O–H groups in total. The van der Waals surface area contributed by atoms with E-state index >= 15 is 0 Å². The van der Waals surface area contributed by atoms with Crippen LogP contribution in [0.3, 0.4) is 0 Å². The molecule has 0 atom stereocenters. The van der Waals surface area contributed by atoms with E-state index in [1.165, 1.54) is 18.2 Å². The molecule has 0 aliphatic heterocycles. The Kier molecular flexibility index (Phi) is 2.26. The van der Waals surface area contributed by atoms with Crippen LogP contribution in [0.25, 0.3) is 22.4 Å². The first kappa shape index (κ1) is 10.7. The summed E-state index contributed by atoms with van der Waals surface area (Å²) < 4.78 is 26.5. The normalized spacial score (nSPS) is 11.0. The lowest BCUT2D eigenvalue weighted by molar-refractivity contribution is 0.475. The molecular formula is C13H8F2N2O. The van der Waals surface area contributed by atoms with E-state index in [0.29, 0.717) is 11.4 Å². The third kappa shape index (κ3) is 1.69. The fraction of sp³-hybridized carbons (Fsp3) is 0. The molecule has 90 valence electrons. The Morgan fingerprint density at radius 2 is 1.94 bits per heavy atom. The Bertz CT molecular complexity index is 737. The Morgan fingerprint density at radius 1 is 1.11 bits per heavy atom. The van der Waals surface area contributed by atoms with E-state index in [2.05, 4.69) is 9.97 Å². The van der Waals surface area contributed by atoms with Crippen LogP contribution in [-0.4, -0.2) is 15.1 Å². The van der Waals surface area contributed by atoms with Crippen LogP contribution in [0, 0.1) is 11.6 Å². The van der Waals surface area contributed by atoms with Crippen molar-refractivity contribution in [1.29, 1.82) is 0 Å². The number of aromatic hydroxyl groups is 1. The van der Waals surface area contributed by atoms with Gasteiger partial charge < -0.3 is 10.1 Å². The molecule has 5 heteroatoms. The van der Waals surface area contributed by atoms with Crippen molar-refractivity contribution in [3.05, 3.63) is 48.0 Å². The minimum absolute atomic E-state index is 0.0785. The highest BCUT2D eigenvalue weighted by Crippen LogP contribution is 2.25. The average molecular weight is 246 g/mol. The van der Waals surface area contributed by atoms with Crippen molar-refractivity contribution < 1.29 is 13.9 Å². The highest BCUT2D eigenvalue weighted by atomic mass is 19.1. The SMILES string of the molecule is Oc1cccc(-c2nc3c(F)cc(F)cc3[nH]2)c1. The fourth-order valence-corrected chi connectivity index (χ4v) is 1.83. The zero-order valence-corrected chi connectivity index (χ0v) is 9.11. The molecule has 0 aliphatic rings. The summed E-state index contributed by atoms with van der Waals surface area (Å²) in [6.45, 7) is 0. The predicted octanol–water partition coefficient (Wildman–Crippen LogP) is 3.21. The maximum absolute atomic E-state index is 13.5.